The van der Waals surface area contributed by atoms with Gasteiger partial charge in [-0.3, -0.25) is 4.79 Å². The molecule has 1 aliphatic rings. The third kappa shape index (κ3) is 3.35. The van der Waals surface area contributed by atoms with Gasteiger partial charge in [0.15, 0.2) is 0 Å². The highest BCUT2D eigenvalue weighted by Gasteiger charge is 2.26. The molecule has 1 N–H and O–H groups in total. The third-order valence-corrected chi connectivity index (χ3v) is 2.35. The Hall–Kier alpha value is -0.570. The van der Waals surface area contributed by atoms with Crippen LogP contribution in [0.3, 0.4) is 0 Å². The zero-order chi connectivity index (χ0) is 9.68. The first-order valence-electron chi connectivity index (χ1n) is 5.18. The molecule has 1 rings (SSSR count). The molecule has 1 fully saturated rings. The predicted octanol–water partition coefficient (Wildman–Crippen LogP) is 1.47. The summed E-state index contributed by atoms with van der Waals surface area (Å²) in [6, 6.07) is -0.0530. The molecule has 0 amide bonds. The van der Waals surface area contributed by atoms with E-state index in [-0.39, 0.29) is 18.1 Å². The number of cyclic esters (lactones) is 1. The second kappa shape index (κ2) is 5.22. The van der Waals surface area contributed by atoms with Crippen molar-refractivity contribution in [1.82, 2.24) is 5.32 Å². The van der Waals surface area contributed by atoms with E-state index in [9.17, 15) is 4.79 Å². The van der Waals surface area contributed by atoms with Crippen LogP contribution in [0.4, 0.5) is 0 Å². The molecule has 0 radical (unpaired) electrons. The molecular formula is C10H19NO2. The number of hydrogen-bond donors (Lipinski definition) is 1. The Bertz CT molecular complexity index is 170. The van der Waals surface area contributed by atoms with Crippen LogP contribution >= 0.6 is 0 Å². The average molecular weight is 185 g/mol. The van der Waals surface area contributed by atoms with Crippen LogP contribution in [-0.2, 0) is 9.53 Å². The summed E-state index contributed by atoms with van der Waals surface area (Å²) < 4.78 is 5.13. The number of morpholine rings is 1. The Morgan fingerprint density at radius 1 is 1.54 bits per heavy atom. The lowest BCUT2D eigenvalue weighted by atomic mass is 10.1. The van der Waals surface area contributed by atoms with Gasteiger partial charge in [-0.1, -0.05) is 26.2 Å². The van der Waals surface area contributed by atoms with Crippen molar-refractivity contribution >= 4 is 5.97 Å². The van der Waals surface area contributed by atoms with Crippen molar-refractivity contribution in [2.45, 2.75) is 51.7 Å². The fraction of sp³-hybridized carbons (Fsp3) is 0.900. The van der Waals surface area contributed by atoms with Crippen molar-refractivity contribution in [1.29, 1.82) is 0 Å². The fourth-order valence-electron chi connectivity index (χ4n) is 1.53. The molecule has 0 spiro atoms. The van der Waals surface area contributed by atoms with Crippen molar-refractivity contribution in [3.8, 4) is 0 Å². The van der Waals surface area contributed by atoms with E-state index in [0.717, 1.165) is 19.4 Å². The maximum Gasteiger partial charge on any atom is 0.323 e. The first kappa shape index (κ1) is 10.5. The molecule has 1 heterocycles. The van der Waals surface area contributed by atoms with Gasteiger partial charge in [-0.05, 0) is 13.3 Å². The highest BCUT2D eigenvalue weighted by atomic mass is 16.5. The van der Waals surface area contributed by atoms with Crippen LogP contribution in [-0.4, -0.2) is 24.7 Å². The summed E-state index contributed by atoms with van der Waals surface area (Å²) in [7, 11) is 0. The molecule has 0 aromatic heterocycles. The Morgan fingerprint density at radius 2 is 2.31 bits per heavy atom. The van der Waals surface area contributed by atoms with Crippen molar-refractivity contribution < 1.29 is 9.53 Å². The van der Waals surface area contributed by atoms with Gasteiger partial charge >= 0.3 is 5.97 Å². The fourth-order valence-corrected chi connectivity index (χ4v) is 1.53. The van der Waals surface area contributed by atoms with Crippen molar-refractivity contribution in [2.75, 3.05) is 6.54 Å². The van der Waals surface area contributed by atoms with Crippen LogP contribution in [0.15, 0.2) is 0 Å². The molecule has 2 unspecified atom stereocenters. The third-order valence-electron chi connectivity index (χ3n) is 2.35. The van der Waals surface area contributed by atoms with Gasteiger partial charge in [0, 0.05) is 6.54 Å². The van der Waals surface area contributed by atoms with Crippen molar-refractivity contribution in [2.24, 2.45) is 0 Å². The van der Waals surface area contributed by atoms with E-state index in [1.807, 2.05) is 6.92 Å². The average Bonchev–Trinajstić information content (AvgIpc) is 2.09. The number of rotatable bonds is 4. The van der Waals surface area contributed by atoms with Gasteiger partial charge in [-0.2, -0.15) is 0 Å². The number of esters is 1. The Labute approximate surface area is 79.8 Å². The number of unbranched alkanes of at least 4 members (excludes halogenated alkanes) is 2. The predicted molar refractivity (Wildman–Crippen MR) is 51.5 cm³/mol. The van der Waals surface area contributed by atoms with Gasteiger partial charge in [0.2, 0.25) is 0 Å². The summed E-state index contributed by atoms with van der Waals surface area (Å²) in [6.45, 7) is 4.87. The number of carbonyl (C=O) groups is 1. The molecule has 0 saturated carbocycles. The van der Waals surface area contributed by atoms with Crippen molar-refractivity contribution in [3.63, 3.8) is 0 Å². The minimum Gasteiger partial charge on any atom is -0.460 e. The smallest absolute Gasteiger partial charge is 0.323 e. The van der Waals surface area contributed by atoms with Crippen molar-refractivity contribution in [3.05, 3.63) is 0 Å². The molecule has 0 bridgehead atoms. The Kier molecular flexibility index (Phi) is 4.22. The van der Waals surface area contributed by atoms with E-state index in [4.69, 9.17) is 4.74 Å². The van der Waals surface area contributed by atoms with Crippen LogP contribution in [0.2, 0.25) is 0 Å². The standard InChI is InChI=1S/C10H19NO2/c1-3-4-5-6-9-10(12)13-8(2)7-11-9/h8-9,11H,3-7H2,1-2H3. The highest BCUT2D eigenvalue weighted by molar-refractivity contribution is 5.76. The normalized spacial score (nSPS) is 28.6. The largest absolute Gasteiger partial charge is 0.460 e. The van der Waals surface area contributed by atoms with E-state index in [2.05, 4.69) is 12.2 Å². The van der Waals surface area contributed by atoms with Crippen LogP contribution in [0.1, 0.15) is 39.5 Å². The molecule has 1 aliphatic heterocycles. The lowest BCUT2D eigenvalue weighted by molar-refractivity contribution is -0.155. The van der Waals surface area contributed by atoms with Gasteiger partial charge in [0.05, 0.1) is 0 Å². The Morgan fingerprint density at radius 3 is 2.92 bits per heavy atom. The zero-order valence-corrected chi connectivity index (χ0v) is 8.51. The molecule has 2 atom stereocenters. The summed E-state index contributed by atoms with van der Waals surface area (Å²) in [5, 5.41) is 3.20. The van der Waals surface area contributed by atoms with Crippen LogP contribution in [0.25, 0.3) is 0 Å². The summed E-state index contributed by atoms with van der Waals surface area (Å²) in [4.78, 5) is 11.3. The minimum absolute atomic E-state index is 0.0370. The Balaban J connectivity index is 2.22. The molecule has 76 valence electrons. The molecular weight excluding hydrogens is 166 g/mol. The SMILES string of the molecule is CCCCCC1NCC(C)OC1=O. The number of hydrogen-bond acceptors (Lipinski definition) is 3. The number of carbonyl (C=O) groups excluding carboxylic acids is 1. The topological polar surface area (TPSA) is 38.3 Å². The number of ether oxygens (including phenoxy) is 1. The van der Waals surface area contributed by atoms with E-state index < -0.39 is 0 Å². The van der Waals surface area contributed by atoms with Gasteiger partial charge in [-0.25, -0.2) is 0 Å². The minimum atomic E-state index is -0.0742. The van der Waals surface area contributed by atoms with E-state index in [1.54, 1.807) is 0 Å². The molecule has 3 nitrogen and oxygen atoms in total. The zero-order valence-electron chi connectivity index (χ0n) is 8.51. The van der Waals surface area contributed by atoms with E-state index >= 15 is 0 Å². The maximum atomic E-state index is 11.3. The van der Waals surface area contributed by atoms with Gasteiger partial charge in [0.1, 0.15) is 12.1 Å². The summed E-state index contributed by atoms with van der Waals surface area (Å²) >= 11 is 0. The molecule has 0 aromatic rings. The first-order chi connectivity index (χ1) is 6.24. The van der Waals surface area contributed by atoms with E-state index in [0.29, 0.717) is 0 Å². The molecule has 3 heteroatoms. The van der Waals surface area contributed by atoms with Gasteiger partial charge in [-0.15, -0.1) is 0 Å². The van der Waals surface area contributed by atoms with Crippen LogP contribution in [0, 0.1) is 0 Å². The van der Waals surface area contributed by atoms with E-state index in [1.165, 1.54) is 12.8 Å². The molecule has 13 heavy (non-hydrogen) atoms. The van der Waals surface area contributed by atoms with Gasteiger partial charge < -0.3 is 10.1 Å². The summed E-state index contributed by atoms with van der Waals surface area (Å²) in [5.74, 6) is -0.0742. The summed E-state index contributed by atoms with van der Waals surface area (Å²) in [6.07, 6.45) is 4.45. The van der Waals surface area contributed by atoms with Crippen LogP contribution < -0.4 is 5.32 Å². The quantitative estimate of drug-likeness (QED) is 0.532. The number of nitrogens with one attached hydrogen (secondary N) is 1. The second-order valence-electron chi connectivity index (χ2n) is 3.70. The lowest BCUT2D eigenvalue weighted by Gasteiger charge is -2.27. The summed E-state index contributed by atoms with van der Waals surface area (Å²) in [5.41, 5.74) is 0. The first-order valence-corrected chi connectivity index (χ1v) is 5.18. The molecule has 1 saturated heterocycles. The highest BCUT2D eigenvalue weighted by Crippen LogP contribution is 2.09. The molecule has 0 aromatic carbocycles. The lowest BCUT2D eigenvalue weighted by Crippen LogP contribution is -2.48. The monoisotopic (exact) mass is 185 g/mol. The maximum absolute atomic E-state index is 11.3. The van der Waals surface area contributed by atoms with Gasteiger partial charge in [0.25, 0.3) is 0 Å². The molecule has 0 aliphatic carbocycles. The second-order valence-corrected chi connectivity index (χ2v) is 3.70. The van der Waals surface area contributed by atoms with Crippen LogP contribution in [0.5, 0.6) is 0 Å².